The van der Waals surface area contributed by atoms with Crippen molar-refractivity contribution in [2.75, 3.05) is 7.11 Å². The molecular weight excluding hydrogens is 192 g/mol. The average molecular weight is 223 g/mol. The Morgan fingerprint density at radius 3 is 1.62 bits per heavy atom. The highest BCUT2D eigenvalue weighted by atomic mass is 28.4. The third kappa shape index (κ3) is 8.72. The molecule has 0 atom stereocenters. The Hall–Kier alpha value is 0.394. The van der Waals surface area contributed by atoms with Crippen molar-refractivity contribution in [3.63, 3.8) is 0 Å². The Morgan fingerprint density at radius 2 is 1.38 bits per heavy atom. The first-order valence-electron chi connectivity index (χ1n) is 4.38. The van der Waals surface area contributed by atoms with E-state index in [9.17, 15) is 0 Å². The van der Waals surface area contributed by atoms with Gasteiger partial charge in [-0.2, -0.15) is 0 Å². The largest absolute Gasteiger partial charge is 0.421 e. The molecule has 84 valence electrons. The van der Waals surface area contributed by atoms with Crippen LogP contribution in [0, 0.1) is 0 Å². The van der Waals surface area contributed by atoms with Gasteiger partial charge in [0.15, 0.2) is 8.32 Å². The predicted octanol–water partition coefficient (Wildman–Crippen LogP) is 4.38. The van der Waals surface area contributed by atoms with E-state index in [0.29, 0.717) is 0 Å². The molecule has 0 fully saturated rings. The van der Waals surface area contributed by atoms with Crippen LogP contribution in [0.2, 0.25) is 37.9 Å². The van der Waals surface area contributed by atoms with Gasteiger partial charge in [-0.15, -0.1) is 0 Å². The molecule has 0 aliphatic heterocycles. The molecule has 0 aliphatic carbocycles. The van der Waals surface area contributed by atoms with Gasteiger partial charge in [0.25, 0.3) is 0 Å². The Bertz CT molecular complexity index is 108. The third-order valence-electron chi connectivity index (χ3n) is 2.41. The van der Waals surface area contributed by atoms with Gasteiger partial charge in [0.1, 0.15) is 0 Å². The van der Waals surface area contributed by atoms with E-state index in [4.69, 9.17) is 4.43 Å². The highest BCUT2D eigenvalue weighted by molar-refractivity contribution is 6.92. The van der Waals surface area contributed by atoms with Crippen LogP contribution in [0.25, 0.3) is 0 Å². The second-order valence-electron chi connectivity index (χ2n) is 4.66. The molecule has 0 spiro atoms. The van der Waals surface area contributed by atoms with E-state index in [0.717, 1.165) is 0 Å². The molecule has 13 heavy (non-hydrogen) atoms. The maximum Gasteiger partial charge on any atom is 0.183 e. The van der Waals surface area contributed by atoms with Crippen molar-refractivity contribution in [2.24, 2.45) is 0 Å². The predicted molar refractivity (Wildman–Crippen MR) is 70.7 cm³/mol. The standard InChI is InChI=1S/C8H22OSi2.2CH4/c1-7-10(3,4)8-11(5,6)9-2;;/h7-8H2,1-6H3;2*1H4. The molecule has 0 aliphatic rings. The van der Waals surface area contributed by atoms with Crippen molar-refractivity contribution in [1.29, 1.82) is 0 Å². The molecule has 0 aromatic heterocycles. The highest BCUT2D eigenvalue weighted by Gasteiger charge is 2.30. The smallest absolute Gasteiger partial charge is 0.183 e. The lowest BCUT2D eigenvalue weighted by Crippen LogP contribution is -2.40. The first-order chi connectivity index (χ1) is 4.83. The third-order valence-corrected chi connectivity index (χ3v) is 12.7. The Balaban J connectivity index is -0.000000500. The molecular formula is C10H30OSi2. The van der Waals surface area contributed by atoms with Crippen molar-refractivity contribution in [2.45, 2.75) is 59.7 Å². The molecule has 0 radical (unpaired) electrons. The Kier molecular flexibility index (Phi) is 9.95. The van der Waals surface area contributed by atoms with Crippen LogP contribution in [0.1, 0.15) is 21.8 Å². The summed E-state index contributed by atoms with van der Waals surface area (Å²) in [5, 5.41) is 0. The monoisotopic (exact) mass is 222 g/mol. The summed E-state index contributed by atoms with van der Waals surface area (Å²) >= 11 is 0. The molecule has 0 bridgehead atoms. The van der Waals surface area contributed by atoms with Crippen LogP contribution in [-0.2, 0) is 4.43 Å². The van der Waals surface area contributed by atoms with Crippen molar-refractivity contribution in [1.82, 2.24) is 0 Å². The quantitative estimate of drug-likeness (QED) is 0.642. The fraction of sp³-hybridized carbons (Fsp3) is 1.00. The number of hydrogen-bond donors (Lipinski definition) is 0. The Morgan fingerprint density at radius 1 is 1.00 bits per heavy atom. The van der Waals surface area contributed by atoms with Gasteiger partial charge >= 0.3 is 0 Å². The maximum atomic E-state index is 5.55. The molecule has 0 saturated heterocycles. The van der Waals surface area contributed by atoms with Crippen molar-refractivity contribution < 1.29 is 4.43 Å². The number of rotatable bonds is 4. The van der Waals surface area contributed by atoms with Gasteiger partial charge in [-0.3, -0.25) is 0 Å². The summed E-state index contributed by atoms with van der Waals surface area (Å²) in [6, 6.07) is 1.38. The van der Waals surface area contributed by atoms with E-state index in [1.165, 1.54) is 11.7 Å². The van der Waals surface area contributed by atoms with Crippen LogP contribution in [0.3, 0.4) is 0 Å². The minimum atomic E-state index is -1.27. The zero-order chi connectivity index (χ0) is 9.12. The zero-order valence-electron chi connectivity index (χ0n) is 8.82. The summed E-state index contributed by atoms with van der Waals surface area (Å²) < 4.78 is 5.55. The fourth-order valence-electron chi connectivity index (χ4n) is 1.35. The van der Waals surface area contributed by atoms with Crippen LogP contribution in [-0.4, -0.2) is 23.5 Å². The van der Waals surface area contributed by atoms with Crippen LogP contribution in [0.15, 0.2) is 0 Å². The minimum absolute atomic E-state index is 0. The first kappa shape index (κ1) is 19.0. The molecule has 0 aromatic rings. The SMILES string of the molecule is C.C.CC[Si](C)(C)C[Si](C)(C)OC. The lowest BCUT2D eigenvalue weighted by molar-refractivity contribution is 0.408. The molecule has 0 rings (SSSR count). The number of hydrogen-bond acceptors (Lipinski definition) is 1. The molecule has 0 amide bonds. The second-order valence-corrected chi connectivity index (χ2v) is 15.0. The summed E-state index contributed by atoms with van der Waals surface area (Å²) in [6.45, 7) is 11.9. The Labute approximate surface area is 88.0 Å². The summed E-state index contributed by atoms with van der Waals surface area (Å²) in [7, 11) is -0.301. The van der Waals surface area contributed by atoms with Gasteiger partial charge in [0, 0.05) is 15.2 Å². The van der Waals surface area contributed by atoms with Crippen molar-refractivity contribution >= 4 is 16.4 Å². The molecule has 0 saturated carbocycles. The van der Waals surface area contributed by atoms with E-state index in [-0.39, 0.29) is 14.9 Å². The topological polar surface area (TPSA) is 9.23 Å². The molecule has 0 heterocycles. The van der Waals surface area contributed by atoms with E-state index < -0.39 is 16.4 Å². The second kappa shape index (κ2) is 6.79. The zero-order valence-corrected chi connectivity index (χ0v) is 10.8. The van der Waals surface area contributed by atoms with Gasteiger partial charge < -0.3 is 4.43 Å². The fourth-order valence-corrected chi connectivity index (χ4v) is 12.1. The van der Waals surface area contributed by atoms with E-state index >= 15 is 0 Å². The molecule has 0 unspecified atom stereocenters. The van der Waals surface area contributed by atoms with Crippen LogP contribution >= 0.6 is 0 Å². The molecule has 0 N–H and O–H groups in total. The van der Waals surface area contributed by atoms with Gasteiger partial charge in [0.2, 0.25) is 0 Å². The first-order valence-corrected chi connectivity index (χ1v) is 10.9. The van der Waals surface area contributed by atoms with Crippen molar-refractivity contribution in [3.05, 3.63) is 0 Å². The molecule has 1 nitrogen and oxygen atoms in total. The van der Waals surface area contributed by atoms with Crippen LogP contribution < -0.4 is 0 Å². The summed E-state index contributed by atoms with van der Waals surface area (Å²) in [4.78, 5) is 0. The summed E-state index contributed by atoms with van der Waals surface area (Å²) in [6.07, 6.45) is 0. The van der Waals surface area contributed by atoms with Crippen LogP contribution in [0.4, 0.5) is 0 Å². The molecule has 3 heteroatoms. The van der Waals surface area contributed by atoms with Gasteiger partial charge in [-0.25, -0.2) is 0 Å². The van der Waals surface area contributed by atoms with Crippen molar-refractivity contribution in [3.8, 4) is 0 Å². The van der Waals surface area contributed by atoms with E-state index in [2.05, 4.69) is 33.1 Å². The lowest BCUT2D eigenvalue weighted by atomic mass is 11.0. The minimum Gasteiger partial charge on any atom is -0.421 e. The van der Waals surface area contributed by atoms with Gasteiger partial charge in [-0.1, -0.05) is 40.9 Å². The average Bonchev–Trinajstić information content (AvgIpc) is 1.86. The normalized spacial score (nSPS) is 11.5. The molecule has 0 aromatic carbocycles. The highest BCUT2D eigenvalue weighted by Crippen LogP contribution is 2.22. The van der Waals surface area contributed by atoms with E-state index in [1.54, 1.807) is 0 Å². The van der Waals surface area contributed by atoms with Crippen LogP contribution in [0.5, 0.6) is 0 Å². The summed E-state index contributed by atoms with van der Waals surface area (Å²) in [5.41, 5.74) is 1.40. The maximum absolute atomic E-state index is 5.55. The van der Waals surface area contributed by atoms with Gasteiger partial charge in [-0.05, 0) is 18.8 Å². The van der Waals surface area contributed by atoms with Gasteiger partial charge in [0.05, 0.1) is 0 Å². The lowest BCUT2D eigenvalue weighted by Gasteiger charge is -2.29. The summed E-state index contributed by atoms with van der Waals surface area (Å²) in [5.74, 6) is 0. The van der Waals surface area contributed by atoms with E-state index in [1.807, 2.05) is 7.11 Å².